The van der Waals surface area contributed by atoms with Crippen molar-refractivity contribution in [2.24, 2.45) is 0 Å². The highest BCUT2D eigenvalue weighted by Crippen LogP contribution is 2.30. The molecule has 4 heteroatoms. The topological polar surface area (TPSA) is 38.3 Å². The first kappa shape index (κ1) is 21.2. The van der Waals surface area contributed by atoms with Crippen LogP contribution in [0, 0.1) is 0 Å². The maximum Gasteiger partial charge on any atom is 0.248 e. The van der Waals surface area contributed by atoms with Gasteiger partial charge in [0.25, 0.3) is 0 Å². The molecule has 27 heavy (non-hydrogen) atoms. The summed E-state index contributed by atoms with van der Waals surface area (Å²) in [4.78, 5) is 12.2. The molecule has 144 valence electrons. The van der Waals surface area contributed by atoms with Gasteiger partial charge in [0.15, 0.2) is 0 Å². The summed E-state index contributed by atoms with van der Waals surface area (Å²) >= 11 is 3.55. The largest absolute Gasteiger partial charge is 0.494 e. The van der Waals surface area contributed by atoms with E-state index in [4.69, 9.17) is 4.74 Å². The lowest BCUT2D eigenvalue weighted by Crippen LogP contribution is -2.12. The molecule has 0 aromatic heterocycles. The molecule has 0 atom stereocenters. The third kappa shape index (κ3) is 6.87. The first-order valence-electron chi connectivity index (χ1n) is 9.31. The van der Waals surface area contributed by atoms with Gasteiger partial charge in [-0.2, -0.15) is 0 Å². The van der Waals surface area contributed by atoms with E-state index < -0.39 is 0 Å². The number of hydrogen-bond donors (Lipinski definition) is 1. The normalized spacial score (nSPS) is 11.6. The summed E-state index contributed by atoms with van der Waals surface area (Å²) in [5.41, 5.74) is 2.99. The molecule has 0 aliphatic carbocycles. The van der Waals surface area contributed by atoms with Crippen LogP contribution in [0.4, 0.5) is 5.69 Å². The Kier molecular flexibility index (Phi) is 7.66. The lowest BCUT2D eigenvalue weighted by molar-refractivity contribution is -0.111. The second kappa shape index (κ2) is 9.75. The van der Waals surface area contributed by atoms with Crippen molar-refractivity contribution < 1.29 is 9.53 Å². The van der Waals surface area contributed by atoms with Crippen molar-refractivity contribution in [2.75, 3.05) is 11.9 Å². The van der Waals surface area contributed by atoms with Gasteiger partial charge >= 0.3 is 0 Å². The highest BCUT2D eigenvalue weighted by atomic mass is 79.9. The van der Waals surface area contributed by atoms with Gasteiger partial charge in [-0.1, -0.05) is 52.3 Å². The Bertz CT molecular complexity index is 789. The first-order chi connectivity index (χ1) is 12.8. The number of nitrogens with one attached hydrogen (secondary N) is 1. The molecular formula is C23H28BrNO2. The number of unbranched alkanes of at least 4 members (excludes halogenated alkanes) is 1. The fourth-order valence-electron chi connectivity index (χ4n) is 2.44. The predicted molar refractivity (Wildman–Crippen MR) is 117 cm³/mol. The average Bonchev–Trinajstić information content (AvgIpc) is 2.62. The van der Waals surface area contributed by atoms with Gasteiger partial charge < -0.3 is 10.1 Å². The molecule has 0 fully saturated rings. The van der Waals surface area contributed by atoms with Crippen molar-refractivity contribution in [3.05, 3.63) is 64.1 Å². The van der Waals surface area contributed by atoms with Crippen molar-refractivity contribution in [2.45, 2.75) is 46.0 Å². The molecule has 2 aromatic carbocycles. The number of carbonyl (C=O) groups is 1. The number of anilines is 1. The Morgan fingerprint density at radius 3 is 2.44 bits per heavy atom. The van der Waals surface area contributed by atoms with Gasteiger partial charge in [-0.05, 0) is 69.2 Å². The van der Waals surface area contributed by atoms with Gasteiger partial charge in [-0.15, -0.1) is 0 Å². The molecule has 0 saturated heterocycles. The Hall–Kier alpha value is -2.07. The Labute approximate surface area is 171 Å². The smallest absolute Gasteiger partial charge is 0.248 e. The fraction of sp³-hybridized carbons (Fsp3) is 0.348. The molecule has 0 saturated carbocycles. The summed E-state index contributed by atoms with van der Waals surface area (Å²) in [5, 5.41) is 2.91. The number of rotatable bonds is 7. The van der Waals surface area contributed by atoms with Crippen LogP contribution in [0.15, 0.2) is 53.0 Å². The summed E-state index contributed by atoms with van der Waals surface area (Å²) < 4.78 is 6.52. The van der Waals surface area contributed by atoms with Crippen LogP contribution in [0.2, 0.25) is 0 Å². The van der Waals surface area contributed by atoms with E-state index in [1.165, 1.54) is 11.6 Å². The summed E-state index contributed by atoms with van der Waals surface area (Å²) in [5.74, 6) is 0.690. The number of amides is 1. The molecule has 3 nitrogen and oxygen atoms in total. The molecule has 2 aromatic rings. The zero-order valence-electron chi connectivity index (χ0n) is 16.5. The van der Waals surface area contributed by atoms with E-state index in [1.54, 1.807) is 6.08 Å². The van der Waals surface area contributed by atoms with E-state index in [1.807, 2.05) is 36.4 Å². The highest BCUT2D eigenvalue weighted by molar-refractivity contribution is 9.10. The van der Waals surface area contributed by atoms with Crippen LogP contribution < -0.4 is 10.1 Å². The number of halogens is 1. The second-order valence-electron chi connectivity index (χ2n) is 7.54. The van der Waals surface area contributed by atoms with Crippen molar-refractivity contribution in [3.63, 3.8) is 0 Å². The summed E-state index contributed by atoms with van der Waals surface area (Å²) in [6.45, 7) is 9.36. The van der Waals surface area contributed by atoms with Crippen LogP contribution >= 0.6 is 15.9 Å². The molecule has 0 aliphatic rings. The van der Waals surface area contributed by atoms with E-state index in [-0.39, 0.29) is 11.3 Å². The van der Waals surface area contributed by atoms with E-state index in [2.05, 4.69) is 55.0 Å². The average molecular weight is 430 g/mol. The first-order valence-corrected chi connectivity index (χ1v) is 10.1. The maximum absolute atomic E-state index is 12.2. The van der Waals surface area contributed by atoms with Gasteiger partial charge in [-0.3, -0.25) is 4.79 Å². The molecule has 2 rings (SSSR count). The quantitative estimate of drug-likeness (QED) is 0.398. The molecule has 0 spiro atoms. The second-order valence-corrected chi connectivity index (χ2v) is 8.39. The lowest BCUT2D eigenvalue weighted by atomic mass is 9.87. The summed E-state index contributed by atoms with van der Waals surface area (Å²) in [6, 6.07) is 13.8. The monoisotopic (exact) mass is 429 g/mol. The Morgan fingerprint density at radius 1 is 1.15 bits per heavy atom. The van der Waals surface area contributed by atoms with E-state index >= 15 is 0 Å². The molecule has 0 heterocycles. The minimum Gasteiger partial charge on any atom is -0.494 e. The summed E-state index contributed by atoms with van der Waals surface area (Å²) in [7, 11) is 0. The maximum atomic E-state index is 12.2. The fourth-order valence-corrected chi connectivity index (χ4v) is 2.92. The molecular weight excluding hydrogens is 402 g/mol. The third-order valence-electron chi connectivity index (χ3n) is 4.17. The minimum absolute atomic E-state index is 0.0668. The molecule has 0 aliphatic heterocycles. The number of benzene rings is 2. The van der Waals surface area contributed by atoms with Crippen molar-refractivity contribution >= 4 is 33.6 Å². The van der Waals surface area contributed by atoms with E-state index in [0.717, 1.165) is 40.9 Å². The van der Waals surface area contributed by atoms with Crippen LogP contribution in [0.3, 0.4) is 0 Å². The third-order valence-corrected chi connectivity index (χ3v) is 4.82. The molecule has 1 amide bonds. The Balaban J connectivity index is 1.95. The lowest BCUT2D eigenvalue weighted by Gasteiger charge is -2.20. The van der Waals surface area contributed by atoms with Gasteiger partial charge in [0.1, 0.15) is 5.75 Å². The zero-order chi connectivity index (χ0) is 19.9. The van der Waals surface area contributed by atoms with Gasteiger partial charge in [0.05, 0.1) is 12.3 Å². The van der Waals surface area contributed by atoms with E-state index in [9.17, 15) is 4.79 Å². The van der Waals surface area contributed by atoms with Crippen LogP contribution in [0.25, 0.3) is 6.08 Å². The standard InChI is InChI=1S/C23H28BrNO2/c1-5-6-15-27-19-11-7-17(8-12-19)9-14-22(26)25-21-13-10-18(16-20(21)24)23(2,3)4/h7-14,16H,5-6,15H2,1-4H3,(H,25,26)/b14-9+. The van der Waals surface area contributed by atoms with Crippen LogP contribution in [-0.2, 0) is 10.2 Å². The zero-order valence-corrected chi connectivity index (χ0v) is 18.1. The Morgan fingerprint density at radius 2 is 1.85 bits per heavy atom. The highest BCUT2D eigenvalue weighted by Gasteiger charge is 2.15. The van der Waals surface area contributed by atoms with Gasteiger partial charge in [-0.25, -0.2) is 0 Å². The summed E-state index contributed by atoms with van der Waals surface area (Å²) in [6.07, 6.45) is 5.50. The number of carbonyl (C=O) groups excluding carboxylic acids is 1. The van der Waals surface area contributed by atoms with Crippen LogP contribution in [-0.4, -0.2) is 12.5 Å². The van der Waals surface area contributed by atoms with Crippen LogP contribution in [0.1, 0.15) is 51.7 Å². The van der Waals surface area contributed by atoms with Crippen molar-refractivity contribution in [1.29, 1.82) is 0 Å². The molecule has 0 bridgehead atoms. The molecule has 1 N–H and O–H groups in total. The van der Waals surface area contributed by atoms with Crippen molar-refractivity contribution in [1.82, 2.24) is 0 Å². The van der Waals surface area contributed by atoms with E-state index in [0.29, 0.717) is 0 Å². The number of ether oxygens (including phenoxy) is 1. The number of hydrogen-bond acceptors (Lipinski definition) is 2. The van der Waals surface area contributed by atoms with Crippen molar-refractivity contribution in [3.8, 4) is 5.75 Å². The SMILES string of the molecule is CCCCOc1ccc(/C=C/C(=O)Nc2ccc(C(C)(C)C)cc2Br)cc1. The van der Waals surface area contributed by atoms with Crippen LogP contribution in [0.5, 0.6) is 5.75 Å². The molecule has 0 radical (unpaired) electrons. The van der Waals surface area contributed by atoms with Gasteiger partial charge in [0.2, 0.25) is 5.91 Å². The predicted octanol–water partition coefficient (Wildman–Crippen LogP) is 6.58. The van der Waals surface area contributed by atoms with Gasteiger partial charge in [0, 0.05) is 10.5 Å². The molecule has 0 unspecified atom stereocenters. The minimum atomic E-state index is -0.164.